The standard InChI is InChI=1S/C30H34N6/c1-21(26-17-9-13-23-11-7-8-16-27(23)26)31-28-33-29(32-25-14-3-2-4-15-25)35-30(34-28)36-19-18-22-10-5-6-12-24(22)20-36/h5-13,16-17,21,25H,2-4,14-15,18-20H2,1H3,(H2,31,32,33,34,35). The summed E-state index contributed by atoms with van der Waals surface area (Å²) in [5.74, 6) is 2.04. The van der Waals surface area contributed by atoms with Crippen molar-refractivity contribution in [3.8, 4) is 0 Å². The molecule has 1 aromatic heterocycles. The SMILES string of the molecule is CC(Nc1nc(NC2CCCCC2)nc(N2CCc3ccccc3C2)n1)c1cccc2ccccc12. The molecule has 0 bridgehead atoms. The van der Waals surface area contributed by atoms with Crippen LogP contribution in [0.2, 0.25) is 0 Å². The van der Waals surface area contributed by atoms with Gasteiger partial charge in [0.25, 0.3) is 0 Å². The summed E-state index contributed by atoms with van der Waals surface area (Å²) in [6.07, 6.45) is 7.20. The smallest absolute Gasteiger partial charge is 0.232 e. The van der Waals surface area contributed by atoms with Crippen molar-refractivity contribution in [1.29, 1.82) is 0 Å². The minimum absolute atomic E-state index is 0.0518. The van der Waals surface area contributed by atoms with Crippen molar-refractivity contribution >= 4 is 28.6 Å². The molecule has 1 fully saturated rings. The van der Waals surface area contributed by atoms with E-state index in [2.05, 4.69) is 89.2 Å². The molecule has 1 atom stereocenters. The summed E-state index contributed by atoms with van der Waals surface area (Å²) in [4.78, 5) is 17.0. The van der Waals surface area contributed by atoms with Crippen LogP contribution in [-0.2, 0) is 13.0 Å². The molecular weight excluding hydrogens is 444 g/mol. The van der Waals surface area contributed by atoms with Crippen molar-refractivity contribution in [2.75, 3.05) is 22.1 Å². The first-order valence-corrected chi connectivity index (χ1v) is 13.3. The number of hydrogen-bond acceptors (Lipinski definition) is 6. The second kappa shape index (κ2) is 10.1. The van der Waals surface area contributed by atoms with Gasteiger partial charge in [0.15, 0.2) is 0 Å². The molecule has 6 rings (SSSR count). The highest BCUT2D eigenvalue weighted by Crippen LogP contribution is 2.29. The van der Waals surface area contributed by atoms with Crippen LogP contribution in [0.5, 0.6) is 0 Å². The molecule has 0 amide bonds. The van der Waals surface area contributed by atoms with Crippen LogP contribution in [0.25, 0.3) is 10.8 Å². The Kier molecular flexibility index (Phi) is 6.41. The van der Waals surface area contributed by atoms with Crippen LogP contribution >= 0.6 is 0 Å². The molecule has 0 saturated heterocycles. The van der Waals surface area contributed by atoms with E-state index in [0.29, 0.717) is 17.9 Å². The molecule has 36 heavy (non-hydrogen) atoms. The lowest BCUT2D eigenvalue weighted by Crippen LogP contribution is -2.33. The molecule has 1 aliphatic heterocycles. The molecule has 0 spiro atoms. The second-order valence-corrected chi connectivity index (χ2v) is 10.1. The zero-order valence-corrected chi connectivity index (χ0v) is 21.0. The van der Waals surface area contributed by atoms with Gasteiger partial charge < -0.3 is 15.5 Å². The van der Waals surface area contributed by atoms with E-state index in [1.165, 1.54) is 59.6 Å². The van der Waals surface area contributed by atoms with Gasteiger partial charge in [-0.15, -0.1) is 0 Å². The first-order chi connectivity index (χ1) is 17.7. The van der Waals surface area contributed by atoms with Gasteiger partial charge >= 0.3 is 0 Å². The predicted molar refractivity (Wildman–Crippen MR) is 148 cm³/mol. The summed E-state index contributed by atoms with van der Waals surface area (Å²) < 4.78 is 0. The van der Waals surface area contributed by atoms with E-state index >= 15 is 0 Å². The third-order valence-corrected chi connectivity index (χ3v) is 7.61. The summed E-state index contributed by atoms with van der Waals surface area (Å²) in [5, 5.41) is 9.73. The van der Waals surface area contributed by atoms with Crippen LogP contribution in [0.4, 0.5) is 17.8 Å². The maximum atomic E-state index is 4.92. The van der Waals surface area contributed by atoms with Gasteiger partial charge in [0, 0.05) is 19.1 Å². The number of nitrogens with zero attached hydrogens (tertiary/aromatic N) is 4. The Bertz CT molecular complexity index is 1340. The Morgan fingerprint density at radius 1 is 0.806 bits per heavy atom. The van der Waals surface area contributed by atoms with Gasteiger partial charge in [-0.3, -0.25) is 0 Å². The number of fused-ring (bicyclic) bond motifs is 2. The van der Waals surface area contributed by atoms with Gasteiger partial charge in [-0.25, -0.2) is 0 Å². The lowest BCUT2D eigenvalue weighted by atomic mass is 9.96. The van der Waals surface area contributed by atoms with Crippen LogP contribution in [-0.4, -0.2) is 27.5 Å². The van der Waals surface area contributed by atoms with Gasteiger partial charge in [0.05, 0.1) is 6.04 Å². The molecule has 1 aliphatic carbocycles. The number of nitrogens with one attached hydrogen (secondary N) is 2. The van der Waals surface area contributed by atoms with E-state index in [1.807, 2.05) is 0 Å². The lowest BCUT2D eigenvalue weighted by Gasteiger charge is -2.30. The van der Waals surface area contributed by atoms with E-state index in [1.54, 1.807) is 0 Å². The van der Waals surface area contributed by atoms with Crippen LogP contribution < -0.4 is 15.5 Å². The van der Waals surface area contributed by atoms with Crippen LogP contribution in [0.15, 0.2) is 66.7 Å². The Morgan fingerprint density at radius 3 is 2.44 bits per heavy atom. The van der Waals surface area contributed by atoms with Gasteiger partial charge in [0.1, 0.15) is 0 Å². The molecule has 6 heteroatoms. The van der Waals surface area contributed by atoms with Crippen molar-refractivity contribution in [2.45, 2.75) is 64.1 Å². The summed E-state index contributed by atoms with van der Waals surface area (Å²) in [6.45, 7) is 3.90. The third-order valence-electron chi connectivity index (χ3n) is 7.61. The van der Waals surface area contributed by atoms with Crippen molar-refractivity contribution in [3.05, 3.63) is 83.4 Å². The fraction of sp³-hybridized carbons (Fsp3) is 0.367. The van der Waals surface area contributed by atoms with Gasteiger partial charge in [-0.1, -0.05) is 86.0 Å². The number of aromatic nitrogens is 3. The maximum Gasteiger partial charge on any atom is 0.232 e. The number of hydrogen-bond donors (Lipinski definition) is 2. The molecule has 1 saturated carbocycles. The van der Waals surface area contributed by atoms with E-state index in [-0.39, 0.29) is 6.04 Å². The average molecular weight is 479 g/mol. The molecule has 2 N–H and O–H groups in total. The molecule has 184 valence electrons. The second-order valence-electron chi connectivity index (χ2n) is 10.1. The minimum atomic E-state index is 0.0518. The number of anilines is 3. The summed E-state index contributed by atoms with van der Waals surface area (Å²) in [6, 6.07) is 24.2. The van der Waals surface area contributed by atoms with Gasteiger partial charge in [0.2, 0.25) is 17.8 Å². The highest BCUT2D eigenvalue weighted by molar-refractivity contribution is 5.86. The highest BCUT2D eigenvalue weighted by Gasteiger charge is 2.22. The Morgan fingerprint density at radius 2 is 1.56 bits per heavy atom. The van der Waals surface area contributed by atoms with Crippen molar-refractivity contribution in [3.63, 3.8) is 0 Å². The molecule has 2 heterocycles. The number of benzene rings is 3. The van der Waals surface area contributed by atoms with Crippen molar-refractivity contribution in [1.82, 2.24) is 15.0 Å². The first-order valence-electron chi connectivity index (χ1n) is 13.3. The molecule has 2 aliphatic rings. The van der Waals surface area contributed by atoms with Gasteiger partial charge in [-0.2, -0.15) is 15.0 Å². The van der Waals surface area contributed by atoms with Crippen molar-refractivity contribution < 1.29 is 0 Å². The normalized spacial score (nSPS) is 17.0. The van der Waals surface area contributed by atoms with E-state index in [9.17, 15) is 0 Å². The topological polar surface area (TPSA) is 66.0 Å². The lowest BCUT2D eigenvalue weighted by molar-refractivity contribution is 0.460. The molecule has 4 aromatic rings. The summed E-state index contributed by atoms with van der Waals surface area (Å²) in [7, 11) is 0. The molecule has 6 nitrogen and oxygen atoms in total. The van der Waals surface area contributed by atoms with Crippen LogP contribution in [0.1, 0.15) is 61.8 Å². The zero-order chi connectivity index (χ0) is 24.3. The van der Waals surface area contributed by atoms with E-state index in [0.717, 1.165) is 25.5 Å². The molecule has 1 unspecified atom stereocenters. The molecule has 0 radical (unpaired) electrons. The van der Waals surface area contributed by atoms with E-state index < -0.39 is 0 Å². The zero-order valence-electron chi connectivity index (χ0n) is 21.0. The number of rotatable bonds is 6. The summed E-state index contributed by atoms with van der Waals surface area (Å²) in [5.41, 5.74) is 4.01. The average Bonchev–Trinajstić information content (AvgIpc) is 2.93. The Labute approximate surface area is 213 Å². The Balaban J connectivity index is 1.30. The van der Waals surface area contributed by atoms with Crippen LogP contribution in [0, 0.1) is 0 Å². The van der Waals surface area contributed by atoms with Gasteiger partial charge in [-0.05, 0) is 53.6 Å². The van der Waals surface area contributed by atoms with E-state index in [4.69, 9.17) is 15.0 Å². The maximum absolute atomic E-state index is 4.92. The minimum Gasteiger partial charge on any atom is -0.351 e. The van der Waals surface area contributed by atoms with Crippen LogP contribution in [0.3, 0.4) is 0 Å². The predicted octanol–water partition coefficient (Wildman–Crippen LogP) is 6.51. The van der Waals surface area contributed by atoms with Crippen molar-refractivity contribution in [2.24, 2.45) is 0 Å². The molecule has 3 aromatic carbocycles. The quantitative estimate of drug-likeness (QED) is 0.329. The fourth-order valence-electron chi connectivity index (χ4n) is 5.63. The molecular formula is C30H34N6. The highest BCUT2D eigenvalue weighted by atomic mass is 15.3. The third kappa shape index (κ3) is 4.85. The monoisotopic (exact) mass is 478 g/mol. The Hall–Kier alpha value is -3.67. The summed E-state index contributed by atoms with van der Waals surface area (Å²) >= 11 is 0. The largest absolute Gasteiger partial charge is 0.351 e. The first kappa shape index (κ1) is 22.8. The fourth-order valence-corrected chi connectivity index (χ4v) is 5.63.